The summed E-state index contributed by atoms with van der Waals surface area (Å²) in [6.07, 6.45) is 0.523. The summed E-state index contributed by atoms with van der Waals surface area (Å²) in [7, 11) is 0. The summed E-state index contributed by atoms with van der Waals surface area (Å²) < 4.78 is 5.36. The van der Waals surface area contributed by atoms with E-state index in [0.717, 1.165) is 19.6 Å². The largest absolute Gasteiger partial charge is 0.492 e. The summed E-state index contributed by atoms with van der Waals surface area (Å²) in [5, 5.41) is 0. The molecule has 0 amide bonds. The average Bonchev–Trinajstić information content (AvgIpc) is 2.42. The lowest BCUT2D eigenvalue weighted by molar-refractivity contribution is 0.0966. The van der Waals surface area contributed by atoms with E-state index >= 15 is 0 Å². The Hall–Kier alpha value is -1.55. The summed E-state index contributed by atoms with van der Waals surface area (Å²) in [6.45, 7) is 9.40. The van der Waals surface area contributed by atoms with Gasteiger partial charge in [-0.2, -0.15) is 0 Å². The highest BCUT2D eigenvalue weighted by Gasteiger charge is 2.10. The zero-order valence-corrected chi connectivity index (χ0v) is 12.1. The lowest BCUT2D eigenvalue weighted by atomic mass is 10.1. The van der Waals surface area contributed by atoms with Crippen LogP contribution in [0, 0.1) is 0 Å². The van der Waals surface area contributed by atoms with Crippen molar-refractivity contribution in [1.82, 2.24) is 4.90 Å². The van der Waals surface area contributed by atoms with Gasteiger partial charge < -0.3 is 15.4 Å². The lowest BCUT2D eigenvalue weighted by Crippen LogP contribution is -2.25. The quantitative estimate of drug-likeness (QED) is 0.579. The van der Waals surface area contributed by atoms with Gasteiger partial charge in [0.2, 0.25) is 0 Å². The predicted molar refractivity (Wildman–Crippen MR) is 78.8 cm³/mol. The molecular formula is C15H24N2O2. The highest BCUT2D eigenvalue weighted by Crippen LogP contribution is 2.23. The first-order valence-electron chi connectivity index (χ1n) is 6.90. The van der Waals surface area contributed by atoms with Crippen LogP contribution in [-0.2, 0) is 0 Å². The summed E-state index contributed by atoms with van der Waals surface area (Å²) in [4.78, 5) is 14.3. The average molecular weight is 264 g/mol. The summed E-state index contributed by atoms with van der Waals surface area (Å²) >= 11 is 0. The predicted octanol–water partition coefficient (Wildman–Crippen LogP) is 2.58. The summed E-state index contributed by atoms with van der Waals surface area (Å²) in [6, 6.07) is 5.25. The lowest BCUT2D eigenvalue weighted by Gasteiger charge is -2.17. The minimum absolute atomic E-state index is 0.127. The Morgan fingerprint density at radius 1 is 1.26 bits per heavy atom. The van der Waals surface area contributed by atoms with Crippen molar-refractivity contribution in [2.45, 2.75) is 27.2 Å². The smallest absolute Gasteiger partial charge is 0.164 e. The van der Waals surface area contributed by atoms with Crippen molar-refractivity contribution < 1.29 is 9.53 Å². The standard InChI is InChI=1S/C15H24N2O2/c1-4-17(5-2)10-9-14(18)12-7-8-15(19-6-3)13(16)11-12/h7-8,11H,4-6,9-10,16H2,1-3H3. The van der Waals surface area contributed by atoms with E-state index in [0.29, 0.717) is 30.0 Å². The molecule has 0 fully saturated rings. The fourth-order valence-electron chi connectivity index (χ4n) is 1.95. The molecular weight excluding hydrogens is 240 g/mol. The monoisotopic (exact) mass is 264 g/mol. The Labute approximate surface area is 115 Å². The third kappa shape index (κ3) is 4.56. The molecule has 1 aromatic carbocycles. The molecule has 0 unspecified atom stereocenters. The number of carbonyl (C=O) groups excluding carboxylic acids is 1. The molecule has 1 aromatic rings. The number of nitrogen functional groups attached to an aromatic ring is 1. The highest BCUT2D eigenvalue weighted by molar-refractivity contribution is 5.97. The Kier molecular flexibility index (Phi) is 6.36. The molecule has 0 saturated carbocycles. The van der Waals surface area contributed by atoms with Crippen molar-refractivity contribution in [2.24, 2.45) is 0 Å². The van der Waals surface area contributed by atoms with Crippen LogP contribution in [0.2, 0.25) is 0 Å². The molecule has 0 heterocycles. The van der Waals surface area contributed by atoms with Gasteiger partial charge in [0, 0.05) is 18.5 Å². The number of nitrogens with zero attached hydrogens (tertiary/aromatic N) is 1. The van der Waals surface area contributed by atoms with Gasteiger partial charge in [-0.15, -0.1) is 0 Å². The number of hydrogen-bond donors (Lipinski definition) is 1. The second-order valence-electron chi connectivity index (χ2n) is 4.39. The van der Waals surface area contributed by atoms with Crippen LogP contribution in [0.1, 0.15) is 37.6 Å². The fourth-order valence-corrected chi connectivity index (χ4v) is 1.95. The topological polar surface area (TPSA) is 55.6 Å². The Morgan fingerprint density at radius 3 is 2.47 bits per heavy atom. The fraction of sp³-hybridized carbons (Fsp3) is 0.533. The van der Waals surface area contributed by atoms with E-state index in [1.54, 1.807) is 18.2 Å². The van der Waals surface area contributed by atoms with E-state index in [1.165, 1.54) is 0 Å². The zero-order valence-electron chi connectivity index (χ0n) is 12.1. The van der Waals surface area contributed by atoms with Gasteiger partial charge in [-0.25, -0.2) is 0 Å². The normalized spacial score (nSPS) is 10.7. The first kappa shape index (κ1) is 15.5. The molecule has 0 aliphatic rings. The molecule has 19 heavy (non-hydrogen) atoms. The Balaban J connectivity index is 2.64. The number of Topliss-reactive ketones (excluding diaryl/α,β-unsaturated/α-hetero) is 1. The molecule has 106 valence electrons. The van der Waals surface area contributed by atoms with E-state index < -0.39 is 0 Å². The van der Waals surface area contributed by atoms with Crippen LogP contribution in [0.25, 0.3) is 0 Å². The third-order valence-corrected chi connectivity index (χ3v) is 3.18. The van der Waals surface area contributed by atoms with E-state index in [-0.39, 0.29) is 5.78 Å². The Morgan fingerprint density at radius 2 is 1.95 bits per heavy atom. The number of anilines is 1. The van der Waals surface area contributed by atoms with E-state index in [2.05, 4.69) is 18.7 Å². The molecule has 0 aliphatic heterocycles. The first-order valence-corrected chi connectivity index (χ1v) is 6.90. The molecule has 4 heteroatoms. The highest BCUT2D eigenvalue weighted by atomic mass is 16.5. The van der Waals surface area contributed by atoms with Crippen LogP contribution in [-0.4, -0.2) is 36.9 Å². The third-order valence-electron chi connectivity index (χ3n) is 3.18. The Bertz CT molecular complexity index is 415. The van der Waals surface area contributed by atoms with Crippen LogP contribution in [0.5, 0.6) is 5.75 Å². The van der Waals surface area contributed by atoms with Crippen molar-refractivity contribution in [3.8, 4) is 5.75 Å². The van der Waals surface area contributed by atoms with Crippen LogP contribution in [0.3, 0.4) is 0 Å². The van der Waals surface area contributed by atoms with Crippen molar-refractivity contribution in [3.05, 3.63) is 23.8 Å². The van der Waals surface area contributed by atoms with E-state index in [1.807, 2.05) is 6.92 Å². The molecule has 0 bridgehead atoms. The molecule has 0 aromatic heterocycles. The molecule has 1 rings (SSSR count). The van der Waals surface area contributed by atoms with Crippen LogP contribution >= 0.6 is 0 Å². The number of ether oxygens (including phenoxy) is 1. The van der Waals surface area contributed by atoms with Gasteiger partial charge in [0.1, 0.15) is 5.75 Å². The van der Waals surface area contributed by atoms with Gasteiger partial charge in [0.25, 0.3) is 0 Å². The molecule has 0 radical (unpaired) electrons. The van der Waals surface area contributed by atoms with Crippen molar-refractivity contribution in [2.75, 3.05) is 32.0 Å². The maximum Gasteiger partial charge on any atom is 0.164 e. The van der Waals surface area contributed by atoms with Crippen molar-refractivity contribution >= 4 is 11.5 Å². The summed E-state index contributed by atoms with van der Waals surface area (Å²) in [5.74, 6) is 0.768. The maximum absolute atomic E-state index is 12.1. The molecule has 4 nitrogen and oxygen atoms in total. The number of benzene rings is 1. The van der Waals surface area contributed by atoms with Crippen LogP contribution < -0.4 is 10.5 Å². The molecule has 0 saturated heterocycles. The minimum atomic E-state index is 0.127. The van der Waals surface area contributed by atoms with Gasteiger partial charge in [-0.05, 0) is 38.2 Å². The van der Waals surface area contributed by atoms with E-state index in [4.69, 9.17) is 10.5 Å². The second-order valence-corrected chi connectivity index (χ2v) is 4.39. The number of ketones is 1. The SMILES string of the molecule is CCOc1ccc(C(=O)CCN(CC)CC)cc1N. The van der Waals surface area contributed by atoms with Gasteiger partial charge in [-0.1, -0.05) is 13.8 Å². The molecule has 2 N–H and O–H groups in total. The summed E-state index contributed by atoms with van der Waals surface area (Å²) in [5.41, 5.74) is 7.05. The van der Waals surface area contributed by atoms with E-state index in [9.17, 15) is 4.79 Å². The number of nitrogens with two attached hydrogens (primary N) is 1. The number of hydrogen-bond acceptors (Lipinski definition) is 4. The van der Waals surface area contributed by atoms with Gasteiger partial charge >= 0.3 is 0 Å². The molecule has 0 aliphatic carbocycles. The van der Waals surface area contributed by atoms with Gasteiger partial charge in [-0.3, -0.25) is 4.79 Å². The van der Waals surface area contributed by atoms with Crippen molar-refractivity contribution in [3.63, 3.8) is 0 Å². The molecule has 0 spiro atoms. The number of rotatable bonds is 8. The number of carbonyl (C=O) groups is 1. The zero-order chi connectivity index (χ0) is 14.3. The van der Waals surface area contributed by atoms with Crippen LogP contribution in [0.15, 0.2) is 18.2 Å². The molecule has 0 atom stereocenters. The second kappa shape index (κ2) is 7.79. The van der Waals surface area contributed by atoms with Crippen LogP contribution in [0.4, 0.5) is 5.69 Å². The minimum Gasteiger partial charge on any atom is -0.492 e. The van der Waals surface area contributed by atoms with Gasteiger partial charge in [0.15, 0.2) is 5.78 Å². The first-order chi connectivity index (χ1) is 9.12. The van der Waals surface area contributed by atoms with Gasteiger partial charge in [0.05, 0.1) is 12.3 Å². The maximum atomic E-state index is 12.1. The van der Waals surface area contributed by atoms with Crippen molar-refractivity contribution in [1.29, 1.82) is 0 Å².